The van der Waals surface area contributed by atoms with Crippen molar-refractivity contribution >= 4 is 31.9 Å². The molecule has 7 aromatic rings. The summed E-state index contributed by atoms with van der Waals surface area (Å²) in [4.78, 5) is 17.3. The van der Waals surface area contributed by atoms with Crippen LogP contribution in [0.4, 0.5) is 4.39 Å². The van der Waals surface area contributed by atoms with Crippen LogP contribution in [0.2, 0.25) is 0 Å². The molecule has 0 spiro atoms. The lowest BCUT2D eigenvalue weighted by atomic mass is 10.00. The molecule has 0 unspecified atom stereocenters. The lowest BCUT2D eigenvalue weighted by Crippen LogP contribution is -2.12. The number of hydrogen-bond acceptors (Lipinski definition) is 7. The molecule has 0 radical (unpaired) electrons. The van der Waals surface area contributed by atoms with Gasteiger partial charge < -0.3 is 10.3 Å². The van der Waals surface area contributed by atoms with Crippen LogP contribution >= 0.6 is 0 Å². The van der Waals surface area contributed by atoms with Gasteiger partial charge in [0, 0.05) is 48.9 Å². The van der Waals surface area contributed by atoms with Gasteiger partial charge in [0.25, 0.3) is 0 Å². The van der Waals surface area contributed by atoms with E-state index in [0.717, 1.165) is 39.8 Å². The van der Waals surface area contributed by atoms with Crippen LogP contribution in [-0.2, 0) is 29.3 Å². The van der Waals surface area contributed by atoms with Crippen molar-refractivity contribution in [3.05, 3.63) is 120 Å². The first kappa shape index (κ1) is 29.5. The summed E-state index contributed by atoms with van der Waals surface area (Å²) in [6.45, 7) is 1.43. The smallest absolute Gasteiger partial charge is 0.147 e. The molecular formula is C35H30FN7O2S. The normalized spacial score (nSPS) is 11.9. The first-order valence-electron chi connectivity index (χ1n) is 14.8. The Balaban J connectivity index is 1.19. The third-order valence-electron chi connectivity index (χ3n) is 7.82. The Morgan fingerprint density at radius 1 is 0.870 bits per heavy atom. The summed E-state index contributed by atoms with van der Waals surface area (Å²) in [5.41, 5.74) is 9.36. The van der Waals surface area contributed by atoms with Crippen LogP contribution in [-0.4, -0.2) is 50.6 Å². The molecule has 46 heavy (non-hydrogen) atoms. The molecule has 0 saturated heterocycles. The van der Waals surface area contributed by atoms with Gasteiger partial charge in [-0.2, -0.15) is 5.10 Å². The maximum Gasteiger partial charge on any atom is 0.147 e. The standard InChI is InChI=1S/C35H30FN7O2S/c1-46(44,45)12-10-23-13-25(16-27(36)15-23)28-9-11-39-35-29(28)17-32(41-35)34-33-31(42-43-34)8-7-30(40-33)26-14-24(20-38-21-26)19-37-18-22-5-3-2-4-6-22/h2-9,11,13-17,20-21,37H,10,12,18-19H2,1H3,(H,39,41)(H,42,43). The molecule has 5 aromatic heterocycles. The number of aromatic amines is 2. The van der Waals surface area contributed by atoms with Crippen molar-refractivity contribution in [1.82, 2.24) is 35.5 Å². The molecule has 230 valence electrons. The Hall–Kier alpha value is -5.26. The van der Waals surface area contributed by atoms with Crippen molar-refractivity contribution in [2.24, 2.45) is 0 Å². The van der Waals surface area contributed by atoms with Crippen LogP contribution in [0.3, 0.4) is 0 Å². The van der Waals surface area contributed by atoms with E-state index in [1.54, 1.807) is 12.4 Å². The summed E-state index contributed by atoms with van der Waals surface area (Å²) in [7, 11) is -3.18. The Kier molecular flexibility index (Phi) is 7.85. The molecule has 0 bridgehead atoms. The van der Waals surface area contributed by atoms with Gasteiger partial charge in [0.05, 0.1) is 22.7 Å². The molecule has 3 N–H and O–H groups in total. The number of hydrogen-bond donors (Lipinski definition) is 3. The molecule has 0 aliphatic heterocycles. The second kappa shape index (κ2) is 12.3. The second-order valence-electron chi connectivity index (χ2n) is 11.4. The zero-order valence-corrected chi connectivity index (χ0v) is 25.8. The fraction of sp³-hybridized carbons (Fsp3) is 0.143. The number of nitrogens with one attached hydrogen (secondary N) is 3. The largest absolute Gasteiger partial charge is 0.338 e. The highest BCUT2D eigenvalue weighted by Crippen LogP contribution is 2.34. The van der Waals surface area contributed by atoms with Crippen molar-refractivity contribution in [3.8, 4) is 33.8 Å². The van der Waals surface area contributed by atoms with Crippen LogP contribution in [0.15, 0.2) is 97.5 Å². The number of benzene rings is 2. The summed E-state index contributed by atoms with van der Waals surface area (Å²) in [5, 5.41) is 11.9. The summed E-state index contributed by atoms with van der Waals surface area (Å²) in [6.07, 6.45) is 6.72. The minimum absolute atomic E-state index is 0.0529. The van der Waals surface area contributed by atoms with E-state index in [0.29, 0.717) is 40.2 Å². The first-order valence-corrected chi connectivity index (χ1v) is 16.8. The first-order chi connectivity index (χ1) is 22.3. The number of rotatable bonds is 10. The molecule has 9 nitrogen and oxygen atoms in total. The van der Waals surface area contributed by atoms with E-state index in [2.05, 4.69) is 48.7 Å². The van der Waals surface area contributed by atoms with Gasteiger partial charge in [0.15, 0.2) is 0 Å². The number of nitrogens with zero attached hydrogens (tertiary/aromatic N) is 4. The van der Waals surface area contributed by atoms with Crippen molar-refractivity contribution in [2.75, 3.05) is 12.0 Å². The number of halogens is 1. The fourth-order valence-corrected chi connectivity index (χ4v) is 6.19. The van der Waals surface area contributed by atoms with E-state index in [1.807, 2.05) is 54.7 Å². The zero-order valence-electron chi connectivity index (χ0n) is 25.0. The third-order valence-corrected chi connectivity index (χ3v) is 8.76. The molecule has 0 fully saturated rings. The zero-order chi connectivity index (χ0) is 31.7. The quantitative estimate of drug-likeness (QED) is 0.163. The van der Waals surface area contributed by atoms with Crippen LogP contribution in [0.5, 0.6) is 0 Å². The Morgan fingerprint density at radius 3 is 2.54 bits per heavy atom. The van der Waals surface area contributed by atoms with Gasteiger partial charge in [0.1, 0.15) is 32.5 Å². The molecule has 0 amide bonds. The highest BCUT2D eigenvalue weighted by atomic mass is 32.2. The molecule has 7 rings (SSSR count). The predicted octanol–water partition coefficient (Wildman–Crippen LogP) is 6.25. The molecule has 0 aliphatic carbocycles. The molecule has 0 atom stereocenters. The lowest BCUT2D eigenvalue weighted by molar-refractivity contribution is 0.600. The molecule has 0 saturated carbocycles. The van der Waals surface area contributed by atoms with E-state index >= 15 is 0 Å². The maximum absolute atomic E-state index is 14.7. The number of sulfone groups is 1. The minimum Gasteiger partial charge on any atom is -0.338 e. The van der Waals surface area contributed by atoms with Gasteiger partial charge >= 0.3 is 0 Å². The van der Waals surface area contributed by atoms with E-state index in [4.69, 9.17) is 4.98 Å². The molecule has 5 heterocycles. The van der Waals surface area contributed by atoms with Gasteiger partial charge in [-0.25, -0.2) is 22.8 Å². The molecular weight excluding hydrogens is 601 g/mol. The van der Waals surface area contributed by atoms with Gasteiger partial charge in [-0.05, 0) is 76.7 Å². The molecule has 2 aromatic carbocycles. The molecule has 0 aliphatic rings. The maximum atomic E-state index is 14.7. The van der Waals surface area contributed by atoms with Gasteiger partial charge in [-0.3, -0.25) is 10.1 Å². The minimum atomic E-state index is -3.18. The average Bonchev–Trinajstić information content (AvgIpc) is 3.68. The number of aryl methyl sites for hydroxylation is 1. The van der Waals surface area contributed by atoms with E-state index in [-0.39, 0.29) is 12.2 Å². The number of pyridine rings is 3. The van der Waals surface area contributed by atoms with Gasteiger partial charge in [-0.1, -0.05) is 36.4 Å². The summed E-state index contributed by atoms with van der Waals surface area (Å²) in [5.74, 6) is -0.481. The Morgan fingerprint density at radius 2 is 1.70 bits per heavy atom. The van der Waals surface area contributed by atoms with Gasteiger partial charge in [-0.15, -0.1) is 0 Å². The van der Waals surface area contributed by atoms with Crippen molar-refractivity contribution in [1.29, 1.82) is 0 Å². The van der Waals surface area contributed by atoms with Crippen LogP contribution in [0.1, 0.15) is 16.7 Å². The van der Waals surface area contributed by atoms with Crippen LogP contribution < -0.4 is 5.32 Å². The van der Waals surface area contributed by atoms with E-state index < -0.39 is 15.7 Å². The van der Waals surface area contributed by atoms with Crippen molar-refractivity contribution < 1.29 is 12.8 Å². The topological polar surface area (TPSA) is 129 Å². The number of fused-ring (bicyclic) bond motifs is 2. The third kappa shape index (κ3) is 6.42. The fourth-order valence-electron chi connectivity index (χ4n) is 5.58. The monoisotopic (exact) mass is 631 g/mol. The Bertz CT molecular complexity index is 2300. The van der Waals surface area contributed by atoms with Crippen molar-refractivity contribution in [2.45, 2.75) is 19.5 Å². The average molecular weight is 632 g/mol. The highest BCUT2D eigenvalue weighted by Gasteiger charge is 2.17. The number of aromatic nitrogens is 6. The summed E-state index contributed by atoms with van der Waals surface area (Å²) < 4.78 is 38.1. The summed E-state index contributed by atoms with van der Waals surface area (Å²) in [6, 6.07) is 24.6. The lowest BCUT2D eigenvalue weighted by Gasteiger charge is -2.07. The second-order valence-corrected chi connectivity index (χ2v) is 13.6. The predicted molar refractivity (Wildman–Crippen MR) is 178 cm³/mol. The SMILES string of the molecule is CS(=O)(=O)CCc1cc(F)cc(-c2ccnc3[nH]c(-c4n[nH]c5ccc(-c6cncc(CNCc7ccccc7)c6)nc45)cc23)c1. The Labute approximate surface area is 264 Å². The van der Waals surface area contributed by atoms with E-state index in [1.165, 1.54) is 24.0 Å². The van der Waals surface area contributed by atoms with Crippen molar-refractivity contribution in [3.63, 3.8) is 0 Å². The van der Waals surface area contributed by atoms with Crippen LogP contribution in [0, 0.1) is 5.82 Å². The summed E-state index contributed by atoms with van der Waals surface area (Å²) >= 11 is 0. The molecule has 11 heteroatoms. The number of H-pyrrole nitrogens is 2. The van der Waals surface area contributed by atoms with Crippen LogP contribution in [0.25, 0.3) is 55.8 Å². The highest BCUT2D eigenvalue weighted by molar-refractivity contribution is 7.90. The van der Waals surface area contributed by atoms with Gasteiger partial charge in [0.2, 0.25) is 0 Å². The van der Waals surface area contributed by atoms with E-state index in [9.17, 15) is 12.8 Å².